The second-order valence-corrected chi connectivity index (χ2v) is 4.55. The number of aliphatic carboxylic acids is 1. The molecule has 0 rings (SSSR count). The summed E-state index contributed by atoms with van der Waals surface area (Å²) in [7, 11) is 1.53. The van der Waals surface area contributed by atoms with E-state index in [1.54, 1.807) is 13.8 Å². The molecule has 0 aromatic rings. The Balaban J connectivity index is 3.87. The molecule has 0 aliphatic heterocycles. The minimum atomic E-state index is -1.09. The number of carboxylic acids is 1. The summed E-state index contributed by atoms with van der Waals surface area (Å²) >= 11 is 0. The van der Waals surface area contributed by atoms with Gasteiger partial charge in [-0.1, -0.05) is 13.8 Å². The molecule has 8 heteroatoms. The Morgan fingerprint density at radius 2 is 1.80 bits per heavy atom. The number of carboxylic acid groups (broad SMARTS) is 1. The Kier molecular flexibility index (Phi) is 9.10. The second kappa shape index (κ2) is 10.0. The molecule has 0 aromatic carbocycles. The van der Waals surface area contributed by atoms with Gasteiger partial charge in [-0.15, -0.1) is 0 Å². The smallest absolute Gasteiger partial charge is 0.326 e. The summed E-state index contributed by atoms with van der Waals surface area (Å²) in [4.78, 5) is 33.7. The SMILES string of the molecule is COCCNC(=O)CCNC(=O)N[C@@H](C(=O)O)C(C)C. The zero-order valence-electron chi connectivity index (χ0n) is 12.1. The zero-order valence-corrected chi connectivity index (χ0v) is 12.1. The third kappa shape index (κ3) is 8.30. The fourth-order valence-electron chi connectivity index (χ4n) is 1.38. The summed E-state index contributed by atoms with van der Waals surface area (Å²) < 4.78 is 4.77. The molecule has 0 spiro atoms. The third-order valence-corrected chi connectivity index (χ3v) is 2.49. The molecule has 116 valence electrons. The van der Waals surface area contributed by atoms with Gasteiger partial charge in [-0.2, -0.15) is 0 Å². The molecule has 0 saturated heterocycles. The Hall–Kier alpha value is -1.83. The normalized spacial score (nSPS) is 11.8. The number of hydrogen-bond donors (Lipinski definition) is 4. The molecule has 0 aliphatic rings. The number of urea groups is 1. The monoisotopic (exact) mass is 289 g/mol. The largest absolute Gasteiger partial charge is 0.480 e. The van der Waals surface area contributed by atoms with Crippen molar-refractivity contribution in [2.45, 2.75) is 26.3 Å². The molecule has 20 heavy (non-hydrogen) atoms. The van der Waals surface area contributed by atoms with Gasteiger partial charge < -0.3 is 25.8 Å². The van der Waals surface area contributed by atoms with E-state index in [-0.39, 0.29) is 24.8 Å². The molecule has 0 saturated carbocycles. The molecule has 0 fully saturated rings. The first-order valence-electron chi connectivity index (χ1n) is 6.41. The van der Waals surface area contributed by atoms with Gasteiger partial charge in [0.25, 0.3) is 0 Å². The van der Waals surface area contributed by atoms with Crippen LogP contribution in [0.15, 0.2) is 0 Å². The first-order valence-corrected chi connectivity index (χ1v) is 6.41. The van der Waals surface area contributed by atoms with Crippen molar-refractivity contribution in [3.63, 3.8) is 0 Å². The molecule has 0 unspecified atom stereocenters. The van der Waals surface area contributed by atoms with Crippen LogP contribution < -0.4 is 16.0 Å². The van der Waals surface area contributed by atoms with E-state index in [0.29, 0.717) is 13.2 Å². The number of rotatable bonds is 9. The van der Waals surface area contributed by atoms with E-state index in [1.165, 1.54) is 7.11 Å². The number of carbonyl (C=O) groups excluding carboxylic acids is 2. The van der Waals surface area contributed by atoms with Crippen LogP contribution in [-0.4, -0.2) is 55.9 Å². The lowest BCUT2D eigenvalue weighted by molar-refractivity contribution is -0.140. The van der Waals surface area contributed by atoms with Gasteiger partial charge >= 0.3 is 12.0 Å². The molecule has 4 N–H and O–H groups in total. The van der Waals surface area contributed by atoms with E-state index in [0.717, 1.165) is 0 Å². The fraction of sp³-hybridized carbons (Fsp3) is 0.750. The van der Waals surface area contributed by atoms with Crippen molar-refractivity contribution in [3.05, 3.63) is 0 Å². The molecule has 0 bridgehead atoms. The molecule has 0 aliphatic carbocycles. The van der Waals surface area contributed by atoms with Crippen molar-refractivity contribution in [2.24, 2.45) is 5.92 Å². The minimum absolute atomic E-state index is 0.122. The van der Waals surface area contributed by atoms with Crippen LogP contribution in [0.2, 0.25) is 0 Å². The summed E-state index contributed by atoms with van der Waals surface area (Å²) in [6.07, 6.45) is 0.122. The summed E-state index contributed by atoms with van der Waals surface area (Å²) in [5.74, 6) is -1.52. The van der Waals surface area contributed by atoms with Crippen LogP contribution in [0.5, 0.6) is 0 Å². The topological polar surface area (TPSA) is 117 Å². The highest BCUT2D eigenvalue weighted by atomic mass is 16.5. The summed E-state index contributed by atoms with van der Waals surface area (Å²) in [5, 5.41) is 16.3. The second-order valence-electron chi connectivity index (χ2n) is 4.55. The lowest BCUT2D eigenvalue weighted by atomic mass is 10.1. The molecular formula is C12H23N3O5. The van der Waals surface area contributed by atoms with Crippen LogP contribution in [0, 0.1) is 5.92 Å². The molecule has 8 nitrogen and oxygen atoms in total. The Bertz CT molecular complexity index is 333. The maximum atomic E-state index is 11.5. The van der Waals surface area contributed by atoms with E-state index in [2.05, 4.69) is 16.0 Å². The highest BCUT2D eigenvalue weighted by Gasteiger charge is 2.23. The Morgan fingerprint density at radius 1 is 1.15 bits per heavy atom. The Morgan fingerprint density at radius 3 is 2.30 bits per heavy atom. The highest BCUT2D eigenvalue weighted by Crippen LogP contribution is 2.01. The standard InChI is InChI=1S/C12H23N3O5/c1-8(2)10(11(17)18)15-12(19)14-5-4-9(16)13-6-7-20-3/h8,10H,4-7H2,1-3H3,(H,13,16)(H,17,18)(H2,14,15,19)/t10-/m1/s1. The van der Waals surface area contributed by atoms with Crippen LogP contribution in [0.3, 0.4) is 0 Å². The van der Waals surface area contributed by atoms with Gasteiger partial charge in [0, 0.05) is 26.6 Å². The number of methoxy groups -OCH3 is 1. The van der Waals surface area contributed by atoms with Crippen molar-refractivity contribution in [3.8, 4) is 0 Å². The summed E-state index contributed by atoms with van der Waals surface area (Å²) in [6, 6.07) is -1.55. The summed E-state index contributed by atoms with van der Waals surface area (Å²) in [6.45, 7) is 4.37. The zero-order chi connectivity index (χ0) is 15.5. The number of hydrogen-bond acceptors (Lipinski definition) is 4. The van der Waals surface area contributed by atoms with Crippen LogP contribution in [0.4, 0.5) is 4.79 Å². The van der Waals surface area contributed by atoms with Gasteiger partial charge in [0.05, 0.1) is 6.61 Å². The molecular weight excluding hydrogens is 266 g/mol. The minimum Gasteiger partial charge on any atom is -0.480 e. The lowest BCUT2D eigenvalue weighted by Crippen LogP contribution is -2.49. The van der Waals surface area contributed by atoms with Gasteiger partial charge in [0.2, 0.25) is 5.91 Å². The van der Waals surface area contributed by atoms with Crippen LogP contribution in [0.25, 0.3) is 0 Å². The van der Waals surface area contributed by atoms with Gasteiger partial charge in [-0.25, -0.2) is 9.59 Å². The Labute approximate surface area is 118 Å². The van der Waals surface area contributed by atoms with Crippen molar-refractivity contribution >= 4 is 17.9 Å². The first-order chi connectivity index (χ1) is 9.38. The van der Waals surface area contributed by atoms with Gasteiger partial charge in [0.1, 0.15) is 6.04 Å². The van der Waals surface area contributed by atoms with E-state index in [9.17, 15) is 14.4 Å². The molecule has 1 atom stereocenters. The van der Waals surface area contributed by atoms with Crippen LogP contribution in [0.1, 0.15) is 20.3 Å². The highest BCUT2D eigenvalue weighted by molar-refractivity contribution is 5.83. The van der Waals surface area contributed by atoms with Crippen molar-refractivity contribution < 1.29 is 24.2 Å². The molecule has 0 radical (unpaired) electrons. The average Bonchev–Trinajstić information content (AvgIpc) is 2.35. The van der Waals surface area contributed by atoms with Gasteiger partial charge in [-0.3, -0.25) is 4.79 Å². The fourth-order valence-corrected chi connectivity index (χ4v) is 1.38. The molecule has 3 amide bonds. The van der Waals surface area contributed by atoms with Gasteiger partial charge in [-0.05, 0) is 5.92 Å². The number of carbonyl (C=O) groups is 3. The van der Waals surface area contributed by atoms with E-state index in [4.69, 9.17) is 9.84 Å². The third-order valence-electron chi connectivity index (χ3n) is 2.49. The van der Waals surface area contributed by atoms with E-state index < -0.39 is 18.0 Å². The van der Waals surface area contributed by atoms with E-state index >= 15 is 0 Å². The predicted octanol–water partition coefficient (Wildman–Crippen LogP) is -0.452. The van der Waals surface area contributed by atoms with Crippen LogP contribution >= 0.6 is 0 Å². The van der Waals surface area contributed by atoms with Crippen LogP contribution in [-0.2, 0) is 14.3 Å². The maximum absolute atomic E-state index is 11.5. The van der Waals surface area contributed by atoms with Gasteiger partial charge in [0.15, 0.2) is 0 Å². The molecule has 0 aromatic heterocycles. The number of ether oxygens (including phenoxy) is 1. The van der Waals surface area contributed by atoms with Crippen molar-refractivity contribution in [1.29, 1.82) is 0 Å². The predicted molar refractivity (Wildman–Crippen MR) is 72.3 cm³/mol. The lowest BCUT2D eigenvalue weighted by Gasteiger charge is -2.18. The quantitative estimate of drug-likeness (QED) is 0.429. The van der Waals surface area contributed by atoms with E-state index in [1.807, 2.05) is 0 Å². The molecule has 0 heterocycles. The first kappa shape index (κ1) is 18.2. The summed E-state index contributed by atoms with van der Waals surface area (Å²) in [5.41, 5.74) is 0. The number of nitrogens with one attached hydrogen (secondary N) is 3. The number of amides is 3. The maximum Gasteiger partial charge on any atom is 0.326 e. The average molecular weight is 289 g/mol. The van der Waals surface area contributed by atoms with Crippen molar-refractivity contribution in [1.82, 2.24) is 16.0 Å². The van der Waals surface area contributed by atoms with Crippen molar-refractivity contribution in [2.75, 3.05) is 26.8 Å².